The molecule has 0 N–H and O–H groups in total. The van der Waals surface area contributed by atoms with Crippen molar-refractivity contribution in [2.75, 3.05) is 0 Å². The maximum Gasteiger partial charge on any atom is 0.387 e. The van der Waals surface area contributed by atoms with Crippen LogP contribution in [0.2, 0.25) is 0 Å². The normalized spacial score (nSPS) is 11.9. The van der Waals surface area contributed by atoms with E-state index in [-0.39, 0.29) is 22.8 Å². The van der Waals surface area contributed by atoms with Crippen LogP contribution in [-0.4, -0.2) is 32.9 Å². The first-order valence-corrected chi connectivity index (χ1v) is 11.8. The first-order valence-electron chi connectivity index (χ1n) is 10.9. The molecule has 1 atom stereocenters. The number of carbonyl (C=O) groups is 1. The number of hydrogen-bond donors (Lipinski definition) is 0. The highest BCUT2D eigenvalue weighted by atomic mass is 32.2. The minimum atomic E-state index is -2.89. The summed E-state index contributed by atoms with van der Waals surface area (Å²) in [5.41, 5.74) is 2.63. The van der Waals surface area contributed by atoms with E-state index in [1.165, 1.54) is 23.9 Å². The molecule has 1 amide bonds. The van der Waals surface area contributed by atoms with Gasteiger partial charge >= 0.3 is 6.61 Å². The van der Waals surface area contributed by atoms with Gasteiger partial charge in [0, 0.05) is 18.7 Å². The van der Waals surface area contributed by atoms with E-state index in [9.17, 15) is 13.6 Å². The lowest BCUT2D eigenvalue weighted by Crippen LogP contribution is -2.35. The molecule has 0 aliphatic carbocycles. The molecular formula is C26H23F2N3O3S. The molecule has 0 saturated heterocycles. The van der Waals surface area contributed by atoms with Gasteiger partial charge in [-0.1, -0.05) is 72.4 Å². The van der Waals surface area contributed by atoms with Crippen LogP contribution in [0.3, 0.4) is 0 Å². The lowest BCUT2D eigenvalue weighted by molar-refractivity contribution is -0.131. The molecule has 180 valence electrons. The second-order valence-electron chi connectivity index (χ2n) is 7.70. The Bertz CT molecular complexity index is 1180. The minimum absolute atomic E-state index is 0.0361. The van der Waals surface area contributed by atoms with Crippen molar-refractivity contribution in [1.82, 2.24) is 15.1 Å². The predicted molar refractivity (Wildman–Crippen MR) is 129 cm³/mol. The van der Waals surface area contributed by atoms with Gasteiger partial charge in [0.05, 0.1) is 5.25 Å². The number of amides is 1. The van der Waals surface area contributed by atoms with Gasteiger partial charge in [-0.15, -0.1) is 10.2 Å². The summed E-state index contributed by atoms with van der Waals surface area (Å²) in [6, 6.07) is 25.5. The summed E-state index contributed by atoms with van der Waals surface area (Å²) in [4.78, 5) is 15.2. The zero-order chi connectivity index (χ0) is 24.6. The Hall–Kier alpha value is -3.72. The summed E-state index contributed by atoms with van der Waals surface area (Å²) in [6.07, 6.45) is 0. The maximum atomic E-state index is 13.4. The summed E-state index contributed by atoms with van der Waals surface area (Å²) in [6.45, 7) is -0.144. The first-order chi connectivity index (χ1) is 17.0. The van der Waals surface area contributed by atoms with Gasteiger partial charge in [-0.3, -0.25) is 4.79 Å². The van der Waals surface area contributed by atoms with E-state index in [1.54, 1.807) is 24.0 Å². The maximum absolute atomic E-state index is 13.4. The number of hydrogen-bond acceptors (Lipinski definition) is 6. The van der Waals surface area contributed by atoms with Crippen LogP contribution in [0.4, 0.5) is 8.78 Å². The summed E-state index contributed by atoms with van der Waals surface area (Å²) < 4.78 is 34.7. The van der Waals surface area contributed by atoms with Crippen LogP contribution in [0.15, 0.2) is 94.6 Å². The smallest absolute Gasteiger partial charge is 0.387 e. The Kier molecular flexibility index (Phi) is 8.10. The zero-order valence-corrected chi connectivity index (χ0v) is 19.7. The third-order valence-electron chi connectivity index (χ3n) is 5.10. The summed E-state index contributed by atoms with van der Waals surface area (Å²) in [7, 11) is 0. The van der Waals surface area contributed by atoms with Crippen molar-refractivity contribution in [1.29, 1.82) is 0 Å². The van der Waals surface area contributed by atoms with Crippen LogP contribution in [0.1, 0.15) is 18.1 Å². The highest BCUT2D eigenvalue weighted by Crippen LogP contribution is 2.29. The first kappa shape index (κ1) is 24.4. The number of ether oxygens (including phenoxy) is 1. The van der Waals surface area contributed by atoms with Crippen LogP contribution in [0.25, 0.3) is 11.5 Å². The second kappa shape index (κ2) is 11.6. The number of rotatable bonds is 10. The van der Waals surface area contributed by atoms with E-state index in [0.717, 1.165) is 11.1 Å². The van der Waals surface area contributed by atoms with Crippen LogP contribution < -0.4 is 4.74 Å². The Morgan fingerprint density at radius 3 is 2.03 bits per heavy atom. The molecule has 0 fully saturated rings. The number of alkyl halides is 2. The molecule has 1 aromatic heterocycles. The molecule has 0 saturated carbocycles. The average molecular weight is 496 g/mol. The highest BCUT2D eigenvalue weighted by Gasteiger charge is 2.24. The molecule has 0 aliphatic heterocycles. The van der Waals surface area contributed by atoms with Crippen molar-refractivity contribution in [3.8, 4) is 17.2 Å². The SMILES string of the molecule is CC(Sc1nnc(-c2ccc(OC(F)F)cc2)o1)C(=O)N(Cc1ccccc1)Cc1ccccc1. The molecule has 3 aromatic carbocycles. The van der Waals surface area contributed by atoms with Gasteiger partial charge in [0.25, 0.3) is 5.22 Å². The van der Waals surface area contributed by atoms with Crippen molar-refractivity contribution in [3.63, 3.8) is 0 Å². The number of halogens is 2. The summed E-state index contributed by atoms with van der Waals surface area (Å²) in [5, 5.41) is 7.82. The van der Waals surface area contributed by atoms with E-state index in [1.807, 2.05) is 60.7 Å². The summed E-state index contributed by atoms with van der Waals surface area (Å²) >= 11 is 1.17. The number of benzene rings is 3. The summed E-state index contributed by atoms with van der Waals surface area (Å²) in [5.74, 6) is 0.200. The fourth-order valence-electron chi connectivity index (χ4n) is 3.43. The van der Waals surface area contributed by atoms with Crippen molar-refractivity contribution in [2.24, 2.45) is 0 Å². The number of thioether (sulfide) groups is 1. The monoisotopic (exact) mass is 495 g/mol. The lowest BCUT2D eigenvalue weighted by atomic mass is 10.1. The van der Waals surface area contributed by atoms with Crippen molar-refractivity contribution >= 4 is 17.7 Å². The van der Waals surface area contributed by atoms with E-state index in [4.69, 9.17) is 4.42 Å². The standard InChI is InChI=1S/C26H23F2N3O3S/c1-18(35-26-30-29-23(34-26)21-12-14-22(15-13-21)33-25(27)28)24(32)31(16-19-8-4-2-5-9-19)17-20-10-6-3-7-11-20/h2-15,18,25H,16-17H2,1H3. The number of carbonyl (C=O) groups excluding carboxylic acids is 1. The van der Waals surface area contributed by atoms with Crippen molar-refractivity contribution < 1.29 is 22.7 Å². The molecule has 0 bridgehead atoms. The van der Waals surface area contributed by atoms with E-state index >= 15 is 0 Å². The van der Waals surface area contributed by atoms with Gasteiger partial charge in [0.15, 0.2) is 0 Å². The van der Waals surface area contributed by atoms with Crippen LogP contribution in [-0.2, 0) is 17.9 Å². The van der Waals surface area contributed by atoms with E-state index < -0.39 is 11.9 Å². The van der Waals surface area contributed by atoms with Gasteiger partial charge in [0.1, 0.15) is 5.75 Å². The number of aromatic nitrogens is 2. The number of nitrogens with zero attached hydrogens (tertiary/aromatic N) is 3. The Morgan fingerprint density at radius 1 is 0.914 bits per heavy atom. The largest absolute Gasteiger partial charge is 0.435 e. The van der Waals surface area contributed by atoms with Gasteiger partial charge in [-0.2, -0.15) is 8.78 Å². The van der Waals surface area contributed by atoms with Gasteiger partial charge in [-0.25, -0.2) is 0 Å². The van der Waals surface area contributed by atoms with Crippen molar-refractivity contribution in [3.05, 3.63) is 96.1 Å². The molecule has 1 heterocycles. The molecule has 9 heteroatoms. The quantitative estimate of drug-likeness (QED) is 0.250. The van der Waals surface area contributed by atoms with Gasteiger partial charge < -0.3 is 14.1 Å². The second-order valence-corrected chi connectivity index (χ2v) is 8.99. The third kappa shape index (κ3) is 6.89. The van der Waals surface area contributed by atoms with Gasteiger partial charge in [-0.05, 0) is 42.3 Å². The molecule has 1 unspecified atom stereocenters. The Labute approximate surface area is 205 Å². The van der Waals surface area contributed by atoms with Crippen LogP contribution in [0.5, 0.6) is 5.75 Å². The van der Waals surface area contributed by atoms with Crippen molar-refractivity contribution in [2.45, 2.75) is 37.1 Å². The van der Waals surface area contributed by atoms with E-state index in [2.05, 4.69) is 14.9 Å². The molecule has 35 heavy (non-hydrogen) atoms. The fraction of sp³-hybridized carbons (Fsp3) is 0.192. The fourth-order valence-corrected chi connectivity index (χ4v) is 4.20. The average Bonchev–Trinajstić information content (AvgIpc) is 3.33. The predicted octanol–water partition coefficient (Wildman–Crippen LogP) is 6.05. The zero-order valence-electron chi connectivity index (χ0n) is 18.9. The Morgan fingerprint density at radius 2 is 1.49 bits per heavy atom. The Balaban J connectivity index is 1.44. The topological polar surface area (TPSA) is 68.5 Å². The van der Waals surface area contributed by atoms with Crippen LogP contribution in [0, 0.1) is 0 Å². The minimum Gasteiger partial charge on any atom is -0.435 e. The van der Waals surface area contributed by atoms with Gasteiger partial charge in [0.2, 0.25) is 11.8 Å². The van der Waals surface area contributed by atoms with E-state index in [0.29, 0.717) is 18.7 Å². The molecule has 4 aromatic rings. The molecule has 0 aliphatic rings. The highest BCUT2D eigenvalue weighted by molar-refractivity contribution is 8.00. The molecular weight excluding hydrogens is 472 g/mol. The molecule has 0 spiro atoms. The third-order valence-corrected chi connectivity index (χ3v) is 6.02. The molecule has 6 nitrogen and oxygen atoms in total. The van der Waals surface area contributed by atoms with Crippen LogP contribution >= 0.6 is 11.8 Å². The lowest BCUT2D eigenvalue weighted by Gasteiger charge is -2.25. The molecule has 0 radical (unpaired) electrons. The molecule has 4 rings (SSSR count).